The minimum Gasteiger partial charge on any atom is -0.198 e. The van der Waals surface area contributed by atoms with Gasteiger partial charge in [-0.25, -0.2) is 0 Å². The van der Waals surface area contributed by atoms with Crippen LogP contribution in [0, 0.1) is 45.8 Å². The second kappa shape index (κ2) is 9.12. The van der Waals surface area contributed by atoms with E-state index in [-0.39, 0.29) is 5.41 Å². The van der Waals surface area contributed by atoms with Crippen LogP contribution in [0.5, 0.6) is 0 Å². The Morgan fingerprint density at radius 1 is 0.957 bits per heavy atom. The lowest BCUT2D eigenvalue weighted by molar-refractivity contribution is 0.168. The Kier molecular flexibility index (Phi) is 7.16. The van der Waals surface area contributed by atoms with E-state index in [0.717, 1.165) is 50.4 Å². The third kappa shape index (κ3) is 5.39. The van der Waals surface area contributed by atoms with Gasteiger partial charge in [0.05, 0.1) is 17.6 Å². The fraction of sp³-hybridized carbons (Fsp3) is 0.810. The van der Waals surface area contributed by atoms with E-state index >= 15 is 0 Å². The Labute approximate surface area is 142 Å². The minimum absolute atomic E-state index is 0.0407. The molecule has 2 aliphatic rings. The first-order valence-electron chi connectivity index (χ1n) is 9.63. The lowest BCUT2D eigenvalue weighted by Crippen LogP contribution is -2.27. The van der Waals surface area contributed by atoms with E-state index in [9.17, 15) is 5.26 Å². The van der Waals surface area contributed by atoms with Crippen molar-refractivity contribution in [1.29, 1.82) is 10.5 Å². The molecule has 2 aliphatic carbocycles. The first-order chi connectivity index (χ1) is 11.2. The molecule has 0 spiro atoms. The summed E-state index contributed by atoms with van der Waals surface area (Å²) in [4.78, 5) is 0. The maximum absolute atomic E-state index is 9.75. The van der Waals surface area contributed by atoms with Crippen LogP contribution >= 0.6 is 0 Å². The fourth-order valence-corrected chi connectivity index (χ4v) is 4.55. The Morgan fingerprint density at radius 3 is 2.17 bits per heavy atom. The van der Waals surface area contributed by atoms with Gasteiger partial charge in [-0.1, -0.05) is 12.5 Å². The van der Waals surface area contributed by atoms with Gasteiger partial charge in [-0.05, 0) is 88.9 Å². The molecule has 2 saturated carbocycles. The molecule has 0 aromatic heterocycles. The zero-order valence-electron chi connectivity index (χ0n) is 14.6. The molecule has 0 unspecified atom stereocenters. The van der Waals surface area contributed by atoms with Crippen LogP contribution in [0.4, 0.5) is 0 Å². The predicted octanol–water partition coefficient (Wildman–Crippen LogP) is 6.15. The Hall–Kier alpha value is -1.28. The SMILES string of the molecule is C=CCCC[C@H]1CC[C@](C#N)(CCC2CCC(C#N)CC2)CC1. The summed E-state index contributed by atoms with van der Waals surface area (Å²) in [7, 11) is 0. The summed E-state index contributed by atoms with van der Waals surface area (Å²) in [6.45, 7) is 3.80. The van der Waals surface area contributed by atoms with Gasteiger partial charge in [0, 0.05) is 5.92 Å². The number of hydrogen-bond donors (Lipinski definition) is 0. The zero-order valence-corrected chi connectivity index (χ0v) is 14.6. The highest BCUT2D eigenvalue weighted by Crippen LogP contribution is 2.45. The summed E-state index contributed by atoms with van der Waals surface area (Å²) in [6.07, 6.45) is 17.3. The van der Waals surface area contributed by atoms with Gasteiger partial charge >= 0.3 is 0 Å². The van der Waals surface area contributed by atoms with E-state index in [0.29, 0.717) is 5.92 Å². The molecule has 0 aromatic carbocycles. The van der Waals surface area contributed by atoms with Crippen LogP contribution in [0.25, 0.3) is 0 Å². The molecule has 2 nitrogen and oxygen atoms in total. The lowest BCUT2D eigenvalue weighted by atomic mass is 9.66. The van der Waals surface area contributed by atoms with Crippen molar-refractivity contribution in [2.75, 3.05) is 0 Å². The second-order valence-electron chi connectivity index (χ2n) is 7.94. The van der Waals surface area contributed by atoms with Gasteiger partial charge < -0.3 is 0 Å². The molecule has 0 aromatic rings. The van der Waals surface area contributed by atoms with Crippen molar-refractivity contribution in [3.63, 3.8) is 0 Å². The molecule has 2 fully saturated rings. The molecule has 0 amide bonds. The molecule has 0 atom stereocenters. The van der Waals surface area contributed by atoms with Crippen LogP contribution in [0.2, 0.25) is 0 Å². The van der Waals surface area contributed by atoms with E-state index in [1.807, 2.05) is 6.08 Å². The van der Waals surface area contributed by atoms with Crippen LogP contribution in [-0.4, -0.2) is 0 Å². The summed E-state index contributed by atoms with van der Waals surface area (Å²) in [5.41, 5.74) is -0.0407. The topological polar surface area (TPSA) is 47.6 Å². The average molecular weight is 313 g/mol. The molecular formula is C21H32N2. The van der Waals surface area contributed by atoms with Crippen molar-refractivity contribution in [2.45, 2.75) is 83.5 Å². The normalized spacial score (nSPS) is 34.3. The quantitative estimate of drug-likeness (QED) is 0.418. The maximum atomic E-state index is 9.75. The van der Waals surface area contributed by atoms with Gasteiger partial charge in [-0.3, -0.25) is 0 Å². The summed E-state index contributed by atoms with van der Waals surface area (Å²) in [6, 6.07) is 5.11. The van der Waals surface area contributed by atoms with Gasteiger partial charge in [0.15, 0.2) is 0 Å². The molecule has 2 heteroatoms. The Bertz CT molecular complexity index is 437. The first-order valence-corrected chi connectivity index (χ1v) is 9.63. The van der Waals surface area contributed by atoms with Crippen molar-refractivity contribution < 1.29 is 0 Å². The second-order valence-corrected chi connectivity index (χ2v) is 7.94. The molecular weight excluding hydrogens is 280 g/mol. The molecule has 0 saturated heterocycles. The zero-order chi connectivity index (χ0) is 16.5. The first kappa shape index (κ1) is 18.1. The van der Waals surface area contributed by atoms with Crippen LogP contribution in [0.1, 0.15) is 83.5 Å². The van der Waals surface area contributed by atoms with Gasteiger partial charge in [0.2, 0.25) is 0 Å². The van der Waals surface area contributed by atoms with Crippen molar-refractivity contribution in [2.24, 2.45) is 23.2 Å². The lowest BCUT2D eigenvalue weighted by Gasteiger charge is -2.36. The molecule has 0 radical (unpaired) electrons. The van der Waals surface area contributed by atoms with E-state index < -0.39 is 0 Å². The fourth-order valence-electron chi connectivity index (χ4n) is 4.55. The van der Waals surface area contributed by atoms with Gasteiger partial charge in [-0.2, -0.15) is 10.5 Å². The molecule has 0 aliphatic heterocycles. The van der Waals surface area contributed by atoms with E-state index in [1.54, 1.807) is 0 Å². The molecule has 0 N–H and O–H groups in total. The summed E-state index contributed by atoms with van der Waals surface area (Å²) in [5.74, 6) is 1.89. The smallest absolute Gasteiger partial charge is 0.0689 e. The van der Waals surface area contributed by atoms with Crippen molar-refractivity contribution in [3.05, 3.63) is 12.7 Å². The van der Waals surface area contributed by atoms with Crippen LogP contribution in [0.15, 0.2) is 12.7 Å². The summed E-state index contributed by atoms with van der Waals surface area (Å²) in [5, 5.41) is 18.7. The summed E-state index contributed by atoms with van der Waals surface area (Å²) >= 11 is 0. The highest BCUT2D eigenvalue weighted by molar-refractivity contribution is 5.02. The van der Waals surface area contributed by atoms with Crippen LogP contribution < -0.4 is 0 Å². The largest absolute Gasteiger partial charge is 0.198 e. The molecule has 23 heavy (non-hydrogen) atoms. The number of hydrogen-bond acceptors (Lipinski definition) is 2. The van der Waals surface area contributed by atoms with Crippen LogP contribution in [0.3, 0.4) is 0 Å². The monoisotopic (exact) mass is 312 g/mol. The number of rotatable bonds is 7. The molecule has 0 bridgehead atoms. The highest BCUT2D eigenvalue weighted by Gasteiger charge is 2.35. The van der Waals surface area contributed by atoms with Gasteiger partial charge in [-0.15, -0.1) is 6.58 Å². The standard InChI is InChI=1S/C21H32N2/c1-2-3-4-5-18-10-13-21(17-23,14-11-18)15-12-19-6-8-20(16-22)9-7-19/h2,18-20H,1,3-15H2/t18-,19?,20?,21+. The third-order valence-electron chi connectivity index (χ3n) is 6.38. The van der Waals surface area contributed by atoms with E-state index in [1.165, 1.54) is 44.9 Å². The van der Waals surface area contributed by atoms with Crippen molar-refractivity contribution in [3.8, 4) is 12.1 Å². The molecule has 0 heterocycles. The number of unbranched alkanes of at least 4 members (excludes halogenated alkanes) is 1. The Morgan fingerprint density at radius 2 is 1.61 bits per heavy atom. The van der Waals surface area contributed by atoms with Crippen LogP contribution in [-0.2, 0) is 0 Å². The number of allylic oxidation sites excluding steroid dienone is 1. The summed E-state index contributed by atoms with van der Waals surface area (Å²) < 4.78 is 0. The number of nitrogens with zero attached hydrogens (tertiary/aromatic N) is 2. The predicted molar refractivity (Wildman–Crippen MR) is 94.3 cm³/mol. The van der Waals surface area contributed by atoms with E-state index in [4.69, 9.17) is 5.26 Å². The van der Waals surface area contributed by atoms with Crippen molar-refractivity contribution in [1.82, 2.24) is 0 Å². The van der Waals surface area contributed by atoms with Gasteiger partial charge in [0.25, 0.3) is 0 Å². The molecule has 126 valence electrons. The third-order valence-corrected chi connectivity index (χ3v) is 6.38. The average Bonchev–Trinajstić information content (AvgIpc) is 2.62. The Balaban J connectivity index is 1.72. The molecule has 2 rings (SSSR count). The minimum atomic E-state index is -0.0407. The van der Waals surface area contributed by atoms with Gasteiger partial charge in [0.1, 0.15) is 0 Å². The highest BCUT2D eigenvalue weighted by atomic mass is 14.4. The maximum Gasteiger partial charge on any atom is 0.0689 e. The van der Waals surface area contributed by atoms with E-state index in [2.05, 4.69) is 18.7 Å². The van der Waals surface area contributed by atoms with Crippen molar-refractivity contribution >= 4 is 0 Å². The number of nitriles is 2.